The zero-order valence-corrected chi connectivity index (χ0v) is 19.3. The molecule has 3 aromatic rings. The van der Waals surface area contributed by atoms with Crippen molar-refractivity contribution in [3.63, 3.8) is 0 Å². The quantitative estimate of drug-likeness (QED) is 0.423. The summed E-state index contributed by atoms with van der Waals surface area (Å²) in [5.74, 6) is -0.485. The number of carboxylic acids is 1. The number of nitrogens with zero attached hydrogens (tertiary/aromatic N) is 1. The summed E-state index contributed by atoms with van der Waals surface area (Å²) in [5, 5.41) is 12.2. The SMILES string of the molecule is O=C(NC12CC3CC(CC(C3)C1)C2)c1[nH]c(-c2ccccc2F)[n+]2ccccc12.O=C([O-])C(F)(F)F. The molecule has 2 heterocycles. The first-order valence-electron chi connectivity index (χ1n) is 11.9. The van der Waals surface area contributed by atoms with Gasteiger partial charge in [-0.2, -0.15) is 17.6 Å². The smallest absolute Gasteiger partial charge is 0.430 e. The molecule has 0 atom stereocenters. The van der Waals surface area contributed by atoms with Crippen LogP contribution >= 0.6 is 0 Å². The molecule has 0 unspecified atom stereocenters. The lowest BCUT2D eigenvalue weighted by atomic mass is 9.53. The van der Waals surface area contributed by atoms with Gasteiger partial charge in [-0.05, 0) is 80.5 Å². The molecule has 4 aliphatic carbocycles. The average molecular weight is 503 g/mol. The monoisotopic (exact) mass is 503 g/mol. The fraction of sp³-hybridized carbons (Fsp3) is 0.423. The van der Waals surface area contributed by atoms with Gasteiger partial charge in [0.2, 0.25) is 5.69 Å². The van der Waals surface area contributed by atoms with Crippen LogP contribution in [0.4, 0.5) is 17.6 Å². The van der Waals surface area contributed by atoms with E-state index < -0.39 is 12.1 Å². The van der Waals surface area contributed by atoms with Crippen LogP contribution < -0.4 is 14.8 Å². The van der Waals surface area contributed by atoms with Crippen molar-refractivity contribution in [3.8, 4) is 11.4 Å². The Kier molecular flexibility index (Phi) is 6.00. The summed E-state index contributed by atoms with van der Waals surface area (Å²) in [5.41, 5.74) is 1.69. The number of imidazole rings is 1. The molecule has 7 rings (SSSR count). The maximum atomic E-state index is 14.5. The van der Waals surface area contributed by atoms with Gasteiger partial charge in [0.25, 0.3) is 11.7 Å². The highest BCUT2D eigenvalue weighted by Gasteiger charge is 2.52. The van der Waals surface area contributed by atoms with Crippen LogP contribution in [0.1, 0.15) is 49.0 Å². The number of carbonyl (C=O) groups is 2. The number of carbonyl (C=O) groups excluding carboxylic acids is 2. The first kappa shape index (κ1) is 24.3. The van der Waals surface area contributed by atoms with Crippen molar-refractivity contribution in [2.45, 2.75) is 50.2 Å². The highest BCUT2D eigenvalue weighted by Crippen LogP contribution is 2.55. The van der Waals surface area contributed by atoms with Crippen molar-refractivity contribution in [1.82, 2.24) is 10.3 Å². The number of halogens is 4. The fourth-order valence-electron chi connectivity index (χ4n) is 6.68. The minimum atomic E-state index is -5.19. The molecule has 10 heteroatoms. The van der Waals surface area contributed by atoms with Gasteiger partial charge in [0.1, 0.15) is 17.3 Å². The molecule has 4 aliphatic rings. The molecule has 2 N–H and O–H groups in total. The zero-order chi connectivity index (χ0) is 25.7. The second-order valence-corrected chi connectivity index (χ2v) is 10.2. The van der Waals surface area contributed by atoms with E-state index in [1.54, 1.807) is 12.1 Å². The summed E-state index contributed by atoms with van der Waals surface area (Å²) in [6.07, 6.45) is 4.02. The number of aliphatic carboxylic acids is 1. The van der Waals surface area contributed by atoms with Gasteiger partial charge in [0.05, 0.1) is 6.20 Å². The van der Waals surface area contributed by atoms with Gasteiger partial charge in [-0.3, -0.25) is 4.79 Å². The lowest BCUT2D eigenvalue weighted by molar-refractivity contribution is -0.498. The van der Waals surface area contributed by atoms with Crippen LogP contribution in [0.15, 0.2) is 48.7 Å². The number of hydrogen-bond acceptors (Lipinski definition) is 3. The van der Waals surface area contributed by atoms with Crippen LogP contribution in [0.3, 0.4) is 0 Å². The number of aromatic nitrogens is 2. The molecule has 2 aromatic heterocycles. The van der Waals surface area contributed by atoms with Crippen LogP contribution in [0.25, 0.3) is 16.9 Å². The molecule has 0 aliphatic heterocycles. The molecule has 36 heavy (non-hydrogen) atoms. The number of hydrogen-bond donors (Lipinski definition) is 2. The van der Waals surface area contributed by atoms with Gasteiger partial charge in [0, 0.05) is 5.54 Å². The van der Waals surface area contributed by atoms with E-state index in [9.17, 15) is 22.4 Å². The molecule has 0 saturated heterocycles. The highest BCUT2D eigenvalue weighted by molar-refractivity contribution is 5.99. The minimum Gasteiger partial charge on any atom is -0.542 e. The Labute approximate surface area is 204 Å². The number of alkyl halides is 3. The van der Waals surface area contributed by atoms with Crippen LogP contribution in [0, 0.1) is 23.6 Å². The number of aromatic amines is 1. The molecule has 4 fully saturated rings. The third-order valence-corrected chi connectivity index (χ3v) is 7.60. The Morgan fingerprint density at radius 3 is 2.08 bits per heavy atom. The van der Waals surface area contributed by atoms with Gasteiger partial charge >= 0.3 is 6.18 Å². The number of nitrogens with one attached hydrogen (secondary N) is 2. The standard InChI is InChI=1S/C24H24FN3O.C2HF3O2/c25-19-6-2-1-5-18(19)22-26-21(20-7-3-4-8-28(20)22)23(29)27-24-12-15-9-16(13-24)11-17(10-15)14-24;3-2(4,5)1(6)7/h1-8,15-17H,9-14H2,(H,27,29);(H,6,7). The van der Waals surface area contributed by atoms with Crippen molar-refractivity contribution in [3.05, 3.63) is 60.2 Å². The lowest BCUT2D eigenvalue weighted by Gasteiger charge is -2.56. The molecule has 4 saturated carbocycles. The van der Waals surface area contributed by atoms with Crippen molar-refractivity contribution in [2.75, 3.05) is 0 Å². The van der Waals surface area contributed by atoms with E-state index in [0.29, 0.717) is 17.1 Å². The van der Waals surface area contributed by atoms with E-state index in [1.807, 2.05) is 34.9 Å². The Morgan fingerprint density at radius 1 is 0.972 bits per heavy atom. The predicted molar refractivity (Wildman–Crippen MR) is 119 cm³/mol. The first-order chi connectivity index (χ1) is 17.0. The van der Waals surface area contributed by atoms with E-state index >= 15 is 0 Å². The molecule has 6 nitrogen and oxygen atoms in total. The van der Waals surface area contributed by atoms with Gasteiger partial charge in [-0.1, -0.05) is 18.2 Å². The maximum Gasteiger partial charge on any atom is 0.430 e. The summed E-state index contributed by atoms with van der Waals surface area (Å²) in [6.45, 7) is 0. The number of fused-ring (bicyclic) bond motifs is 1. The van der Waals surface area contributed by atoms with Gasteiger partial charge in [-0.25, -0.2) is 9.37 Å². The van der Waals surface area contributed by atoms with E-state index in [2.05, 4.69) is 10.3 Å². The van der Waals surface area contributed by atoms with Crippen LogP contribution in [0.5, 0.6) is 0 Å². The van der Waals surface area contributed by atoms with Gasteiger partial charge in [0.15, 0.2) is 5.52 Å². The molecule has 190 valence electrons. The highest BCUT2D eigenvalue weighted by atomic mass is 19.4. The van der Waals surface area contributed by atoms with Crippen molar-refractivity contribution < 1.29 is 36.7 Å². The fourth-order valence-corrected chi connectivity index (χ4v) is 6.68. The van der Waals surface area contributed by atoms with Gasteiger partial charge < -0.3 is 15.2 Å². The number of H-pyrrole nitrogens is 1. The summed E-state index contributed by atoms with van der Waals surface area (Å²) in [7, 11) is 0. The van der Waals surface area contributed by atoms with E-state index in [4.69, 9.17) is 9.90 Å². The Bertz CT molecular complexity index is 1280. The molecule has 4 bridgehead atoms. The summed E-state index contributed by atoms with van der Waals surface area (Å²) < 4.78 is 47.9. The predicted octanol–water partition coefficient (Wildman–Crippen LogP) is 3.56. The third-order valence-electron chi connectivity index (χ3n) is 7.60. The molecule has 0 spiro atoms. The number of pyridine rings is 1. The van der Waals surface area contributed by atoms with E-state index in [1.165, 1.54) is 25.3 Å². The Balaban J connectivity index is 0.000000338. The topological polar surface area (TPSA) is 89.1 Å². The molecule has 0 radical (unpaired) electrons. The van der Waals surface area contributed by atoms with Gasteiger partial charge in [-0.15, -0.1) is 0 Å². The summed E-state index contributed by atoms with van der Waals surface area (Å²) in [6, 6.07) is 12.4. The van der Waals surface area contributed by atoms with E-state index in [-0.39, 0.29) is 17.3 Å². The molecular weight excluding hydrogens is 478 g/mol. The minimum absolute atomic E-state index is 0.0547. The van der Waals surface area contributed by atoms with Crippen molar-refractivity contribution in [2.24, 2.45) is 17.8 Å². The normalized spacial score (nSPS) is 26.4. The largest absolute Gasteiger partial charge is 0.542 e. The second-order valence-electron chi connectivity index (χ2n) is 10.2. The third kappa shape index (κ3) is 4.56. The van der Waals surface area contributed by atoms with Crippen LogP contribution in [-0.4, -0.2) is 28.6 Å². The number of carboxylic acid groups (broad SMARTS) is 1. The Morgan fingerprint density at radius 2 is 1.53 bits per heavy atom. The van der Waals surface area contributed by atoms with Crippen LogP contribution in [0.2, 0.25) is 0 Å². The lowest BCUT2D eigenvalue weighted by Crippen LogP contribution is -2.59. The average Bonchev–Trinajstić information content (AvgIpc) is 3.18. The van der Waals surface area contributed by atoms with Crippen molar-refractivity contribution >= 4 is 17.4 Å². The van der Waals surface area contributed by atoms with Crippen molar-refractivity contribution in [1.29, 1.82) is 0 Å². The summed E-state index contributed by atoms with van der Waals surface area (Å²) in [4.78, 5) is 25.4. The first-order valence-corrected chi connectivity index (χ1v) is 11.9. The zero-order valence-electron chi connectivity index (χ0n) is 19.3. The molecule has 1 amide bonds. The summed E-state index contributed by atoms with van der Waals surface area (Å²) >= 11 is 0. The number of rotatable bonds is 3. The second kappa shape index (κ2) is 8.90. The Hall–Kier alpha value is -3.43. The number of amides is 1. The van der Waals surface area contributed by atoms with E-state index in [0.717, 1.165) is 42.5 Å². The van der Waals surface area contributed by atoms with Crippen LogP contribution in [-0.2, 0) is 4.79 Å². The number of benzene rings is 1. The molecule has 1 aromatic carbocycles. The maximum absolute atomic E-state index is 14.5. The molecular formula is C26H25F4N3O3.